The van der Waals surface area contributed by atoms with Gasteiger partial charge in [0.25, 0.3) is 0 Å². The summed E-state index contributed by atoms with van der Waals surface area (Å²) in [7, 11) is 0. The molecule has 0 fully saturated rings. The predicted molar refractivity (Wildman–Crippen MR) is 211 cm³/mol. The lowest BCUT2D eigenvalue weighted by atomic mass is 9.97. The molecular weight excluding hydrogens is 649 g/mol. The maximum Gasteiger partial charge on any atom is 0.161 e. The fraction of sp³-hybridized carbons (Fsp3) is 0. The largest absolute Gasteiger partial charge is 0.227 e. The Labute approximate surface area is 296 Å². The molecule has 0 N–H and O–H groups in total. The van der Waals surface area contributed by atoms with Crippen molar-refractivity contribution in [3.05, 3.63) is 158 Å². The first kappa shape index (κ1) is 28.9. The van der Waals surface area contributed by atoms with Crippen molar-refractivity contribution in [1.29, 1.82) is 0 Å². The van der Waals surface area contributed by atoms with E-state index in [1.807, 2.05) is 36.4 Å². The fourth-order valence-corrected chi connectivity index (χ4v) is 8.94. The normalized spacial score (nSPS) is 11.6. The van der Waals surface area contributed by atoms with Gasteiger partial charge in [-0.3, -0.25) is 0 Å². The summed E-state index contributed by atoms with van der Waals surface area (Å²) < 4.78 is 2.42. The lowest BCUT2D eigenvalue weighted by molar-refractivity contribution is 1.24. The first-order valence-corrected chi connectivity index (χ1v) is 18.1. The van der Waals surface area contributed by atoms with E-state index in [1.54, 1.807) is 22.7 Å². The van der Waals surface area contributed by atoms with Crippen LogP contribution in [0.2, 0.25) is 0 Å². The number of benzene rings is 6. The Morgan fingerprint density at radius 2 is 0.700 bits per heavy atom. The standard InChI is InChI=1S/C44H26N4S2/c1-3-13-27(14-4-1)41-45-39(37-33-21-7-9-23-35(33)49-43(37)47-41)31-19-11-17-29(25-31)30-18-12-20-32(26-30)40-38-34-22-8-10-24-36(34)50-44(38)48-42(46-40)28-15-5-2-6-16-28/h1-26H. The van der Waals surface area contributed by atoms with Crippen LogP contribution in [0.3, 0.4) is 0 Å². The summed E-state index contributed by atoms with van der Waals surface area (Å²) >= 11 is 3.44. The maximum absolute atomic E-state index is 5.24. The molecule has 0 bridgehead atoms. The molecule has 0 aliphatic heterocycles. The fourth-order valence-electron chi connectivity index (χ4n) is 6.79. The molecular formula is C44H26N4S2. The van der Waals surface area contributed by atoms with Crippen LogP contribution in [0.15, 0.2) is 158 Å². The van der Waals surface area contributed by atoms with Gasteiger partial charge >= 0.3 is 0 Å². The molecule has 0 aliphatic carbocycles. The van der Waals surface area contributed by atoms with Gasteiger partial charge in [0, 0.05) is 53.2 Å². The van der Waals surface area contributed by atoms with Gasteiger partial charge in [-0.1, -0.05) is 133 Å². The summed E-state index contributed by atoms with van der Waals surface area (Å²) in [4.78, 5) is 22.6. The summed E-state index contributed by atoms with van der Waals surface area (Å²) in [6.07, 6.45) is 0. The zero-order valence-electron chi connectivity index (χ0n) is 26.6. The molecule has 6 aromatic carbocycles. The van der Waals surface area contributed by atoms with Crippen LogP contribution in [0.5, 0.6) is 0 Å². The van der Waals surface area contributed by atoms with Gasteiger partial charge in [-0.15, -0.1) is 22.7 Å². The lowest BCUT2D eigenvalue weighted by Gasteiger charge is -2.11. The minimum atomic E-state index is 0.733. The molecule has 4 nitrogen and oxygen atoms in total. The van der Waals surface area contributed by atoms with E-state index in [9.17, 15) is 0 Å². The van der Waals surface area contributed by atoms with Crippen LogP contribution in [0.4, 0.5) is 0 Å². The number of thiophene rings is 2. The monoisotopic (exact) mass is 674 g/mol. The number of nitrogens with zero attached hydrogens (tertiary/aromatic N) is 4. The molecule has 0 saturated carbocycles. The zero-order chi connectivity index (χ0) is 33.0. The molecule has 0 atom stereocenters. The third-order valence-corrected chi connectivity index (χ3v) is 11.3. The number of fused-ring (bicyclic) bond motifs is 6. The highest BCUT2D eigenvalue weighted by atomic mass is 32.1. The molecule has 10 aromatic rings. The number of aromatic nitrogens is 4. The van der Waals surface area contributed by atoms with Gasteiger partial charge in [-0.2, -0.15) is 0 Å². The molecule has 0 spiro atoms. The quantitative estimate of drug-likeness (QED) is 0.182. The summed E-state index contributed by atoms with van der Waals surface area (Å²) in [6.45, 7) is 0. The molecule has 4 aromatic heterocycles. The van der Waals surface area contributed by atoms with Crippen LogP contribution in [0, 0.1) is 0 Å². The lowest BCUT2D eigenvalue weighted by Crippen LogP contribution is -1.94. The van der Waals surface area contributed by atoms with Crippen molar-refractivity contribution in [3.63, 3.8) is 0 Å². The topological polar surface area (TPSA) is 51.6 Å². The third-order valence-electron chi connectivity index (χ3n) is 9.15. The molecule has 0 radical (unpaired) electrons. The number of rotatable bonds is 5. The van der Waals surface area contributed by atoms with Gasteiger partial charge in [-0.05, 0) is 35.4 Å². The van der Waals surface area contributed by atoms with E-state index < -0.39 is 0 Å². The van der Waals surface area contributed by atoms with E-state index in [0.29, 0.717) is 0 Å². The van der Waals surface area contributed by atoms with Crippen molar-refractivity contribution in [1.82, 2.24) is 19.9 Å². The second-order valence-electron chi connectivity index (χ2n) is 12.2. The Bertz CT molecular complexity index is 2680. The highest BCUT2D eigenvalue weighted by Crippen LogP contribution is 2.42. The Kier molecular flexibility index (Phi) is 6.82. The number of hydrogen-bond acceptors (Lipinski definition) is 6. The van der Waals surface area contributed by atoms with Crippen molar-refractivity contribution in [2.45, 2.75) is 0 Å². The number of hydrogen-bond donors (Lipinski definition) is 0. The Balaban J connectivity index is 1.15. The van der Waals surface area contributed by atoms with Crippen LogP contribution in [-0.2, 0) is 0 Å². The van der Waals surface area contributed by atoms with Crippen LogP contribution in [-0.4, -0.2) is 19.9 Å². The van der Waals surface area contributed by atoms with E-state index in [2.05, 4.69) is 121 Å². The molecule has 234 valence electrons. The first-order chi connectivity index (χ1) is 24.8. The third kappa shape index (κ3) is 4.88. The van der Waals surface area contributed by atoms with E-state index in [0.717, 1.165) is 76.9 Å². The Morgan fingerprint density at radius 1 is 0.320 bits per heavy atom. The summed E-state index contributed by atoms with van der Waals surface area (Å²) in [5.74, 6) is 1.47. The Morgan fingerprint density at radius 3 is 1.16 bits per heavy atom. The minimum Gasteiger partial charge on any atom is -0.227 e. The molecule has 4 heterocycles. The predicted octanol–water partition coefficient (Wildman–Crippen LogP) is 12.3. The minimum absolute atomic E-state index is 0.733. The second kappa shape index (κ2) is 11.8. The van der Waals surface area contributed by atoms with Crippen LogP contribution in [0.1, 0.15) is 0 Å². The molecule has 6 heteroatoms. The van der Waals surface area contributed by atoms with Crippen molar-refractivity contribution in [2.24, 2.45) is 0 Å². The molecule has 0 unspecified atom stereocenters. The maximum atomic E-state index is 5.24. The van der Waals surface area contributed by atoms with Gasteiger partial charge in [0.15, 0.2) is 11.6 Å². The zero-order valence-corrected chi connectivity index (χ0v) is 28.2. The van der Waals surface area contributed by atoms with Crippen LogP contribution < -0.4 is 0 Å². The molecule has 0 saturated heterocycles. The highest BCUT2D eigenvalue weighted by molar-refractivity contribution is 7.26. The second-order valence-corrected chi connectivity index (χ2v) is 14.3. The smallest absolute Gasteiger partial charge is 0.161 e. The molecule has 10 rings (SSSR count). The average molecular weight is 675 g/mol. The summed E-state index contributed by atoms with van der Waals surface area (Å²) in [5, 5.41) is 4.55. The van der Waals surface area contributed by atoms with E-state index in [4.69, 9.17) is 19.9 Å². The van der Waals surface area contributed by atoms with Crippen molar-refractivity contribution >= 4 is 63.3 Å². The Hall–Kier alpha value is -6.08. The van der Waals surface area contributed by atoms with Gasteiger partial charge < -0.3 is 0 Å². The van der Waals surface area contributed by atoms with E-state index >= 15 is 0 Å². The SMILES string of the molecule is c1ccc(-c2nc(-c3cccc(-c4cccc(-c5nc(-c6ccccc6)nc6sc7ccccc7c56)c4)c3)c3c(n2)sc2ccccc23)cc1. The molecule has 0 aliphatic rings. The van der Waals surface area contributed by atoms with Crippen LogP contribution >= 0.6 is 22.7 Å². The van der Waals surface area contributed by atoms with Gasteiger partial charge in [-0.25, -0.2) is 19.9 Å². The average Bonchev–Trinajstić information content (AvgIpc) is 3.76. The highest BCUT2D eigenvalue weighted by Gasteiger charge is 2.19. The van der Waals surface area contributed by atoms with E-state index in [-0.39, 0.29) is 0 Å². The van der Waals surface area contributed by atoms with Gasteiger partial charge in [0.1, 0.15) is 9.66 Å². The van der Waals surface area contributed by atoms with Crippen LogP contribution in [0.25, 0.3) is 97.0 Å². The van der Waals surface area contributed by atoms with Crippen molar-refractivity contribution in [3.8, 4) is 56.4 Å². The first-order valence-electron chi connectivity index (χ1n) is 16.5. The van der Waals surface area contributed by atoms with Crippen molar-refractivity contribution in [2.75, 3.05) is 0 Å². The summed E-state index contributed by atoms with van der Waals surface area (Å²) in [5.41, 5.74) is 8.23. The van der Waals surface area contributed by atoms with Crippen molar-refractivity contribution < 1.29 is 0 Å². The summed E-state index contributed by atoms with van der Waals surface area (Å²) in [6, 6.07) is 55.0. The van der Waals surface area contributed by atoms with Gasteiger partial charge in [0.2, 0.25) is 0 Å². The van der Waals surface area contributed by atoms with E-state index in [1.165, 1.54) is 20.2 Å². The van der Waals surface area contributed by atoms with Gasteiger partial charge in [0.05, 0.1) is 11.4 Å². The molecule has 0 amide bonds. The molecule has 50 heavy (non-hydrogen) atoms.